The lowest BCUT2D eigenvalue weighted by Gasteiger charge is -2.38. The van der Waals surface area contributed by atoms with Crippen molar-refractivity contribution in [1.29, 1.82) is 0 Å². The first-order valence-electron chi connectivity index (χ1n) is 7.33. The smallest absolute Gasteiger partial charge is 0.407 e. The summed E-state index contributed by atoms with van der Waals surface area (Å²) in [4.78, 5) is 25.2. The summed E-state index contributed by atoms with van der Waals surface area (Å²) in [5.41, 5.74) is 0. The van der Waals surface area contributed by atoms with Gasteiger partial charge < -0.3 is 20.1 Å². The van der Waals surface area contributed by atoms with Gasteiger partial charge in [0.2, 0.25) is 5.91 Å². The van der Waals surface area contributed by atoms with Crippen molar-refractivity contribution >= 4 is 12.0 Å². The second-order valence-electron chi connectivity index (χ2n) is 5.35. The third kappa shape index (κ3) is 5.36. The molecule has 0 aromatic heterocycles. The number of hydrogen-bond acceptors (Lipinski definition) is 4. The lowest BCUT2D eigenvalue weighted by molar-refractivity contribution is -0.133. The highest BCUT2D eigenvalue weighted by atomic mass is 16.5. The molecule has 6 heteroatoms. The number of hydrogen-bond donors (Lipinski definition) is 2. The number of carbonyl (C=O) groups is 2. The van der Waals surface area contributed by atoms with E-state index in [0.29, 0.717) is 18.9 Å². The summed E-state index contributed by atoms with van der Waals surface area (Å²) < 4.78 is 4.62. The molecule has 1 rings (SSSR count). The second kappa shape index (κ2) is 8.79. The highest BCUT2D eigenvalue weighted by molar-refractivity contribution is 5.76. The molecule has 2 N–H and O–H groups in total. The van der Waals surface area contributed by atoms with E-state index in [2.05, 4.69) is 10.1 Å². The fourth-order valence-corrected chi connectivity index (χ4v) is 2.70. The van der Waals surface area contributed by atoms with E-state index in [1.807, 2.05) is 11.8 Å². The normalized spacial score (nSPS) is 22.4. The predicted octanol–water partition coefficient (Wildman–Crippen LogP) is 1.13. The van der Waals surface area contributed by atoms with E-state index >= 15 is 0 Å². The molecule has 1 aliphatic heterocycles. The summed E-state index contributed by atoms with van der Waals surface area (Å²) in [5.74, 6) is 0.455. The average molecular weight is 286 g/mol. The summed E-state index contributed by atoms with van der Waals surface area (Å²) in [6, 6.07) is -0.0688. The van der Waals surface area contributed by atoms with Crippen LogP contribution in [0.5, 0.6) is 0 Å². The van der Waals surface area contributed by atoms with E-state index < -0.39 is 6.09 Å². The predicted molar refractivity (Wildman–Crippen MR) is 75.2 cm³/mol. The van der Waals surface area contributed by atoms with Crippen LogP contribution in [-0.2, 0) is 9.53 Å². The van der Waals surface area contributed by atoms with Gasteiger partial charge in [-0.25, -0.2) is 4.79 Å². The number of ether oxygens (including phenoxy) is 1. The number of alkyl carbamates (subject to hydrolysis) is 1. The van der Waals surface area contributed by atoms with Crippen molar-refractivity contribution in [3.63, 3.8) is 0 Å². The van der Waals surface area contributed by atoms with E-state index in [1.165, 1.54) is 7.11 Å². The number of aliphatic hydroxyl groups excluding tert-OH is 1. The first-order valence-corrected chi connectivity index (χ1v) is 7.33. The van der Waals surface area contributed by atoms with Gasteiger partial charge in [0.25, 0.3) is 0 Å². The summed E-state index contributed by atoms with van der Waals surface area (Å²) in [6.07, 6.45) is 3.33. The number of carbonyl (C=O) groups excluding carboxylic acids is 2. The van der Waals surface area contributed by atoms with Gasteiger partial charge in [-0.15, -0.1) is 0 Å². The molecule has 0 radical (unpaired) electrons. The molecule has 0 spiro atoms. The zero-order valence-electron chi connectivity index (χ0n) is 12.4. The molecular formula is C14H26N2O4. The SMILES string of the molecule is CCCC(=O)N1CC(CCCO)CC(NC(=O)OC)C1. The Labute approximate surface area is 120 Å². The monoisotopic (exact) mass is 286 g/mol. The van der Waals surface area contributed by atoms with Gasteiger partial charge in [0, 0.05) is 26.1 Å². The van der Waals surface area contributed by atoms with Gasteiger partial charge in [-0.3, -0.25) is 4.79 Å². The zero-order chi connectivity index (χ0) is 15.0. The number of methoxy groups -OCH3 is 1. The molecule has 1 aliphatic rings. The Balaban J connectivity index is 2.61. The van der Waals surface area contributed by atoms with E-state index in [-0.39, 0.29) is 18.6 Å². The number of aliphatic hydroxyl groups is 1. The minimum atomic E-state index is -0.458. The first-order chi connectivity index (χ1) is 9.60. The van der Waals surface area contributed by atoms with Crippen molar-refractivity contribution < 1.29 is 19.4 Å². The van der Waals surface area contributed by atoms with E-state index in [1.54, 1.807) is 0 Å². The zero-order valence-corrected chi connectivity index (χ0v) is 12.4. The van der Waals surface area contributed by atoms with Crippen LogP contribution in [-0.4, -0.2) is 54.9 Å². The molecule has 1 heterocycles. The number of amides is 2. The van der Waals surface area contributed by atoms with Crippen molar-refractivity contribution in [1.82, 2.24) is 10.2 Å². The highest BCUT2D eigenvalue weighted by Gasteiger charge is 2.30. The molecule has 0 aromatic rings. The molecule has 1 saturated heterocycles. The Morgan fingerprint density at radius 1 is 1.40 bits per heavy atom. The van der Waals surface area contributed by atoms with E-state index in [9.17, 15) is 9.59 Å². The van der Waals surface area contributed by atoms with Gasteiger partial charge in [0.15, 0.2) is 0 Å². The molecule has 1 fully saturated rings. The molecule has 116 valence electrons. The van der Waals surface area contributed by atoms with Gasteiger partial charge in [-0.2, -0.15) is 0 Å². The molecule has 20 heavy (non-hydrogen) atoms. The number of likely N-dealkylation sites (tertiary alicyclic amines) is 1. The van der Waals surface area contributed by atoms with Crippen LogP contribution in [0, 0.1) is 5.92 Å². The van der Waals surface area contributed by atoms with Crippen LogP contribution in [0.3, 0.4) is 0 Å². The minimum Gasteiger partial charge on any atom is -0.453 e. The molecule has 0 aliphatic carbocycles. The van der Waals surface area contributed by atoms with Crippen LogP contribution >= 0.6 is 0 Å². The third-order valence-corrected chi connectivity index (χ3v) is 3.63. The van der Waals surface area contributed by atoms with Gasteiger partial charge in [0.1, 0.15) is 0 Å². The van der Waals surface area contributed by atoms with E-state index in [4.69, 9.17) is 5.11 Å². The lowest BCUT2D eigenvalue weighted by Crippen LogP contribution is -2.52. The second-order valence-corrected chi connectivity index (χ2v) is 5.35. The summed E-state index contributed by atoms with van der Waals surface area (Å²) in [7, 11) is 1.33. The van der Waals surface area contributed by atoms with Crippen molar-refractivity contribution in [3.05, 3.63) is 0 Å². The third-order valence-electron chi connectivity index (χ3n) is 3.63. The maximum atomic E-state index is 12.1. The number of nitrogens with one attached hydrogen (secondary N) is 1. The topological polar surface area (TPSA) is 78.9 Å². The Morgan fingerprint density at radius 2 is 2.15 bits per heavy atom. The van der Waals surface area contributed by atoms with Crippen LogP contribution in [0.4, 0.5) is 4.79 Å². The fourth-order valence-electron chi connectivity index (χ4n) is 2.70. The van der Waals surface area contributed by atoms with Crippen molar-refractivity contribution in [2.75, 3.05) is 26.8 Å². The first kappa shape index (κ1) is 16.8. The number of nitrogens with zero attached hydrogens (tertiary/aromatic N) is 1. The maximum absolute atomic E-state index is 12.1. The van der Waals surface area contributed by atoms with Crippen LogP contribution in [0.2, 0.25) is 0 Å². The standard InChI is InChI=1S/C14H26N2O4/c1-3-5-13(18)16-9-11(6-4-7-17)8-12(10-16)15-14(19)20-2/h11-12,17H,3-10H2,1-2H3,(H,15,19). The van der Waals surface area contributed by atoms with Crippen molar-refractivity contribution in [2.45, 2.75) is 45.1 Å². The van der Waals surface area contributed by atoms with Gasteiger partial charge in [-0.1, -0.05) is 6.92 Å². The summed E-state index contributed by atoms with van der Waals surface area (Å²) >= 11 is 0. The van der Waals surface area contributed by atoms with Crippen molar-refractivity contribution in [3.8, 4) is 0 Å². The van der Waals surface area contributed by atoms with Gasteiger partial charge in [-0.05, 0) is 31.6 Å². The van der Waals surface area contributed by atoms with Gasteiger partial charge >= 0.3 is 6.09 Å². The molecule has 0 bridgehead atoms. The lowest BCUT2D eigenvalue weighted by atomic mass is 9.90. The van der Waals surface area contributed by atoms with E-state index in [0.717, 1.165) is 32.2 Å². The number of rotatable bonds is 6. The summed E-state index contributed by atoms with van der Waals surface area (Å²) in [5, 5.41) is 11.7. The Morgan fingerprint density at radius 3 is 2.75 bits per heavy atom. The van der Waals surface area contributed by atoms with Crippen LogP contribution in [0.1, 0.15) is 39.0 Å². The molecule has 0 aromatic carbocycles. The fraction of sp³-hybridized carbons (Fsp3) is 0.857. The maximum Gasteiger partial charge on any atom is 0.407 e. The molecular weight excluding hydrogens is 260 g/mol. The largest absolute Gasteiger partial charge is 0.453 e. The average Bonchev–Trinajstić information content (AvgIpc) is 2.45. The van der Waals surface area contributed by atoms with Crippen LogP contribution in [0.25, 0.3) is 0 Å². The minimum absolute atomic E-state index is 0.0688. The molecule has 6 nitrogen and oxygen atoms in total. The van der Waals surface area contributed by atoms with Crippen molar-refractivity contribution in [2.24, 2.45) is 5.92 Å². The Hall–Kier alpha value is -1.30. The highest BCUT2D eigenvalue weighted by Crippen LogP contribution is 2.22. The van der Waals surface area contributed by atoms with Crippen LogP contribution in [0.15, 0.2) is 0 Å². The summed E-state index contributed by atoms with van der Waals surface area (Å²) in [6.45, 7) is 3.41. The number of piperidine rings is 1. The van der Waals surface area contributed by atoms with Crippen LogP contribution < -0.4 is 5.32 Å². The molecule has 2 atom stereocenters. The molecule has 2 amide bonds. The Kier molecular flexibility index (Phi) is 7.36. The quantitative estimate of drug-likeness (QED) is 0.767. The molecule has 0 saturated carbocycles. The molecule has 2 unspecified atom stereocenters. The van der Waals surface area contributed by atoms with Gasteiger partial charge in [0.05, 0.1) is 13.2 Å². The Bertz CT molecular complexity index is 322.